The molecule has 1 aliphatic carbocycles. The number of pyridine rings is 1. The lowest BCUT2D eigenvalue weighted by Gasteiger charge is -2.27. The van der Waals surface area contributed by atoms with Crippen LogP contribution in [0.5, 0.6) is 0 Å². The van der Waals surface area contributed by atoms with E-state index in [2.05, 4.69) is 68.2 Å². The van der Waals surface area contributed by atoms with Gasteiger partial charge in [0.1, 0.15) is 0 Å². The van der Waals surface area contributed by atoms with Crippen molar-refractivity contribution >= 4 is 39.4 Å². The Kier molecular flexibility index (Phi) is 4.57. The van der Waals surface area contributed by atoms with Crippen LogP contribution in [0.1, 0.15) is 24.6 Å². The van der Waals surface area contributed by atoms with E-state index in [1.807, 2.05) is 0 Å². The van der Waals surface area contributed by atoms with Crippen LogP contribution in [-0.4, -0.2) is 46.1 Å². The van der Waals surface area contributed by atoms with E-state index in [4.69, 9.17) is 9.72 Å². The quantitative estimate of drug-likeness (QED) is 0.353. The third kappa shape index (κ3) is 3.22. The smallest absolute Gasteiger partial charge is 0.228 e. The predicted octanol–water partition coefficient (Wildman–Crippen LogP) is 4.44. The number of anilines is 1. The molecule has 3 heterocycles. The van der Waals surface area contributed by atoms with Gasteiger partial charge in [-0.2, -0.15) is 0 Å². The molecule has 6 nitrogen and oxygen atoms in total. The standard InChI is InChI=1S/C23H23N5OS/c1-2-7-19-17(5-1)18-6-3-4-8-20(18)24-21(19)15-30-23-26-25-22(28(23)16-9-10-16)27-11-13-29-14-12-27/h1-8,16H,9-15H2. The summed E-state index contributed by atoms with van der Waals surface area (Å²) in [5.74, 6) is 1.78. The summed E-state index contributed by atoms with van der Waals surface area (Å²) in [7, 11) is 0. The van der Waals surface area contributed by atoms with Gasteiger partial charge in [0.25, 0.3) is 0 Å². The molecular weight excluding hydrogens is 394 g/mol. The molecule has 4 aromatic rings. The molecule has 1 aliphatic heterocycles. The van der Waals surface area contributed by atoms with Crippen molar-refractivity contribution in [1.82, 2.24) is 19.7 Å². The first-order valence-corrected chi connectivity index (χ1v) is 11.5. The number of morpholine rings is 1. The van der Waals surface area contributed by atoms with E-state index in [9.17, 15) is 0 Å². The van der Waals surface area contributed by atoms with Gasteiger partial charge < -0.3 is 9.64 Å². The highest BCUT2D eigenvalue weighted by Gasteiger charge is 2.32. The molecule has 1 saturated carbocycles. The Balaban J connectivity index is 1.34. The normalized spacial score (nSPS) is 17.1. The molecule has 6 rings (SSSR count). The van der Waals surface area contributed by atoms with Crippen molar-refractivity contribution in [3.8, 4) is 0 Å². The second-order valence-corrected chi connectivity index (χ2v) is 8.84. The number of nitrogens with zero attached hydrogens (tertiary/aromatic N) is 5. The summed E-state index contributed by atoms with van der Waals surface area (Å²) in [6.07, 6.45) is 2.42. The van der Waals surface area contributed by atoms with Gasteiger partial charge in [-0.25, -0.2) is 0 Å². The Morgan fingerprint density at radius 2 is 1.63 bits per heavy atom. The lowest BCUT2D eigenvalue weighted by molar-refractivity contribution is 0.121. The van der Waals surface area contributed by atoms with Crippen molar-refractivity contribution in [2.45, 2.75) is 29.8 Å². The van der Waals surface area contributed by atoms with Crippen molar-refractivity contribution < 1.29 is 4.74 Å². The fraction of sp³-hybridized carbons (Fsp3) is 0.348. The van der Waals surface area contributed by atoms with Crippen LogP contribution in [-0.2, 0) is 10.5 Å². The van der Waals surface area contributed by atoms with Crippen LogP contribution < -0.4 is 4.90 Å². The van der Waals surface area contributed by atoms with Crippen molar-refractivity contribution in [2.24, 2.45) is 0 Å². The number of para-hydroxylation sites is 1. The first kappa shape index (κ1) is 18.2. The molecule has 0 unspecified atom stereocenters. The molecule has 30 heavy (non-hydrogen) atoms. The van der Waals surface area contributed by atoms with E-state index < -0.39 is 0 Å². The van der Waals surface area contributed by atoms with E-state index in [1.165, 1.54) is 29.0 Å². The Bertz CT molecular complexity index is 1210. The molecule has 2 aliphatic rings. The van der Waals surface area contributed by atoms with E-state index in [0.29, 0.717) is 6.04 Å². The average molecular weight is 418 g/mol. The van der Waals surface area contributed by atoms with Crippen molar-refractivity contribution in [1.29, 1.82) is 0 Å². The summed E-state index contributed by atoms with van der Waals surface area (Å²) in [4.78, 5) is 7.31. The number of fused-ring (bicyclic) bond motifs is 3. The third-order valence-corrected chi connectivity index (χ3v) is 6.83. The number of hydrogen-bond acceptors (Lipinski definition) is 6. The van der Waals surface area contributed by atoms with Gasteiger partial charge in [0, 0.05) is 35.7 Å². The molecule has 2 aromatic carbocycles. The highest BCUT2D eigenvalue weighted by atomic mass is 32.2. The average Bonchev–Trinajstić information content (AvgIpc) is 3.57. The van der Waals surface area contributed by atoms with Crippen LogP contribution in [0.25, 0.3) is 21.7 Å². The highest BCUT2D eigenvalue weighted by molar-refractivity contribution is 7.98. The number of ether oxygens (including phenoxy) is 1. The molecule has 0 bridgehead atoms. The summed E-state index contributed by atoms with van der Waals surface area (Å²) in [6.45, 7) is 3.28. The van der Waals surface area contributed by atoms with Crippen LogP contribution in [0.3, 0.4) is 0 Å². The molecule has 1 saturated heterocycles. The zero-order valence-corrected chi connectivity index (χ0v) is 17.5. The molecule has 2 fully saturated rings. The molecule has 7 heteroatoms. The third-order valence-electron chi connectivity index (χ3n) is 5.88. The molecule has 0 N–H and O–H groups in total. The van der Waals surface area contributed by atoms with Gasteiger partial charge in [-0.05, 0) is 24.3 Å². The topological polar surface area (TPSA) is 56.1 Å². The first-order chi connectivity index (χ1) is 14.9. The molecule has 0 amide bonds. The monoisotopic (exact) mass is 417 g/mol. The molecule has 0 radical (unpaired) electrons. The lowest BCUT2D eigenvalue weighted by atomic mass is 10.0. The summed E-state index contributed by atoms with van der Waals surface area (Å²) < 4.78 is 7.86. The highest BCUT2D eigenvalue weighted by Crippen LogP contribution is 2.42. The Morgan fingerprint density at radius 1 is 0.900 bits per heavy atom. The predicted molar refractivity (Wildman–Crippen MR) is 120 cm³/mol. The molecular formula is C23H23N5OS. The largest absolute Gasteiger partial charge is 0.378 e. The second kappa shape index (κ2) is 7.56. The number of rotatable bonds is 5. The molecule has 0 spiro atoms. The van der Waals surface area contributed by atoms with Crippen LogP contribution >= 0.6 is 11.8 Å². The maximum atomic E-state index is 5.51. The first-order valence-electron chi connectivity index (χ1n) is 10.6. The second-order valence-electron chi connectivity index (χ2n) is 7.89. The van der Waals surface area contributed by atoms with E-state index in [0.717, 1.165) is 54.4 Å². The number of aromatic nitrogens is 4. The summed E-state index contributed by atoms with van der Waals surface area (Å²) in [6, 6.07) is 17.5. The lowest BCUT2D eigenvalue weighted by Crippen LogP contribution is -2.38. The Labute approximate surface area is 179 Å². The van der Waals surface area contributed by atoms with E-state index in [-0.39, 0.29) is 0 Å². The zero-order valence-electron chi connectivity index (χ0n) is 16.7. The van der Waals surface area contributed by atoms with Gasteiger partial charge in [-0.1, -0.05) is 54.2 Å². The van der Waals surface area contributed by atoms with Gasteiger partial charge in [0.2, 0.25) is 5.95 Å². The maximum absolute atomic E-state index is 5.51. The van der Waals surface area contributed by atoms with Gasteiger partial charge in [-0.15, -0.1) is 10.2 Å². The summed E-state index contributed by atoms with van der Waals surface area (Å²) in [5, 5.41) is 13.8. The maximum Gasteiger partial charge on any atom is 0.228 e. The number of hydrogen-bond donors (Lipinski definition) is 0. The van der Waals surface area contributed by atoms with E-state index >= 15 is 0 Å². The van der Waals surface area contributed by atoms with E-state index in [1.54, 1.807) is 11.8 Å². The zero-order chi connectivity index (χ0) is 19.9. The summed E-state index contributed by atoms with van der Waals surface area (Å²) >= 11 is 1.75. The van der Waals surface area contributed by atoms with Crippen LogP contribution in [0, 0.1) is 0 Å². The number of thioether (sulfide) groups is 1. The summed E-state index contributed by atoms with van der Waals surface area (Å²) in [5.41, 5.74) is 2.15. The van der Waals surface area contributed by atoms with Gasteiger partial charge in [-0.3, -0.25) is 9.55 Å². The van der Waals surface area contributed by atoms with Gasteiger partial charge in [0.15, 0.2) is 5.16 Å². The van der Waals surface area contributed by atoms with Crippen molar-refractivity contribution in [3.63, 3.8) is 0 Å². The van der Waals surface area contributed by atoms with Gasteiger partial charge in [0.05, 0.1) is 24.4 Å². The van der Waals surface area contributed by atoms with Crippen molar-refractivity contribution in [3.05, 3.63) is 54.2 Å². The fourth-order valence-corrected chi connectivity index (χ4v) is 5.17. The Hall–Kier alpha value is -2.64. The fourth-order valence-electron chi connectivity index (χ4n) is 4.22. The minimum atomic E-state index is 0.529. The number of benzene rings is 2. The molecule has 0 atom stereocenters. The van der Waals surface area contributed by atoms with Crippen LogP contribution in [0.4, 0.5) is 5.95 Å². The minimum absolute atomic E-state index is 0.529. The Morgan fingerprint density at radius 3 is 2.43 bits per heavy atom. The molecule has 2 aromatic heterocycles. The SMILES string of the molecule is c1ccc2c(c1)nc(CSc1nnc(N3CCOCC3)n1C1CC1)c1ccccc12. The molecule has 152 valence electrons. The van der Waals surface area contributed by atoms with Crippen LogP contribution in [0.15, 0.2) is 53.7 Å². The van der Waals surface area contributed by atoms with Crippen LogP contribution in [0.2, 0.25) is 0 Å². The van der Waals surface area contributed by atoms with Crippen molar-refractivity contribution in [2.75, 3.05) is 31.2 Å². The van der Waals surface area contributed by atoms with Gasteiger partial charge >= 0.3 is 0 Å². The minimum Gasteiger partial charge on any atom is -0.378 e.